The van der Waals surface area contributed by atoms with Crippen molar-refractivity contribution in [3.8, 4) is 0 Å². The van der Waals surface area contributed by atoms with Gasteiger partial charge in [-0.25, -0.2) is 9.97 Å². The first-order chi connectivity index (χ1) is 8.78. The first-order valence-electron chi connectivity index (χ1n) is 5.23. The van der Waals surface area contributed by atoms with E-state index in [-0.39, 0.29) is 29.9 Å². The van der Waals surface area contributed by atoms with Crippen LogP contribution in [0.1, 0.15) is 0 Å². The van der Waals surface area contributed by atoms with Crippen molar-refractivity contribution in [2.24, 2.45) is 0 Å². The summed E-state index contributed by atoms with van der Waals surface area (Å²) in [7, 11) is 0. The van der Waals surface area contributed by atoms with Crippen molar-refractivity contribution >= 4 is 11.2 Å². The Morgan fingerprint density at radius 1 is 1.61 bits per heavy atom. The Hall–Kier alpha value is -1.97. The lowest BCUT2D eigenvalue weighted by molar-refractivity contribution is -0.155. The van der Waals surface area contributed by atoms with Crippen LogP contribution in [0.25, 0.3) is 11.2 Å². The van der Waals surface area contributed by atoms with Crippen LogP contribution >= 0.6 is 0 Å². The first kappa shape index (κ1) is 11.1. The Morgan fingerprint density at radius 3 is 3.28 bits per heavy atom. The molecule has 0 aliphatic carbocycles. The standard InChI is InChI=1S/C9H10N4O5/c14-1-5-16-2-6(17-5)18-13-4-12-7-8(13)10-3-11-9(7)15/h3-6,14H,1-2H2,(H,10,11,15)/t5-,6-/m1/s1. The highest BCUT2D eigenvalue weighted by molar-refractivity contribution is 5.68. The summed E-state index contributed by atoms with van der Waals surface area (Å²) in [5, 5.41) is 8.84. The van der Waals surface area contributed by atoms with Gasteiger partial charge in [-0.15, -0.1) is 4.73 Å². The smallest absolute Gasteiger partial charge is 0.279 e. The molecular weight excluding hydrogens is 244 g/mol. The molecule has 0 spiro atoms. The molecule has 0 aromatic carbocycles. The summed E-state index contributed by atoms with van der Waals surface area (Å²) in [6.07, 6.45) is 1.21. The van der Waals surface area contributed by atoms with Crippen molar-refractivity contribution in [3.05, 3.63) is 23.0 Å². The molecule has 1 saturated heterocycles. The third-order valence-electron chi connectivity index (χ3n) is 2.41. The number of aliphatic hydroxyl groups excluding tert-OH is 1. The number of ether oxygens (including phenoxy) is 2. The Labute approximate surface area is 99.9 Å². The van der Waals surface area contributed by atoms with E-state index in [4.69, 9.17) is 19.4 Å². The Morgan fingerprint density at radius 2 is 2.50 bits per heavy atom. The lowest BCUT2D eigenvalue weighted by Gasteiger charge is -2.11. The molecule has 1 aliphatic heterocycles. The number of imidazole rings is 1. The predicted molar refractivity (Wildman–Crippen MR) is 56.4 cm³/mol. The Bertz CT molecular complexity index is 608. The first-order valence-corrected chi connectivity index (χ1v) is 5.23. The molecule has 1 fully saturated rings. The second-order valence-corrected chi connectivity index (χ2v) is 3.59. The number of fused-ring (bicyclic) bond motifs is 1. The minimum absolute atomic E-state index is 0.175. The highest BCUT2D eigenvalue weighted by Crippen LogP contribution is 2.11. The minimum atomic E-state index is -0.693. The second kappa shape index (κ2) is 4.37. The van der Waals surface area contributed by atoms with E-state index in [2.05, 4.69) is 15.0 Å². The average Bonchev–Trinajstić information content (AvgIpc) is 2.98. The predicted octanol–water partition coefficient (Wildman–Crippen LogP) is -1.76. The van der Waals surface area contributed by atoms with Crippen LogP contribution in [0, 0.1) is 0 Å². The maximum atomic E-state index is 11.4. The molecule has 0 bridgehead atoms. The number of H-pyrrole nitrogens is 1. The fraction of sp³-hybridized carbons (Fsp3) is 0.444. The lowest BCUT2D eigenvalue weighted by Crippen LogP contribution is -2.28. The van der Waals surface area contributed by atoms with E-state index in [1.54, 1.807) is 0 Å². The van der Waals surface area contributed by atoms with Crippen LogP contribution in [0.15, 0.2) is 17.4 Å². The highest BCUT2D eigenvalue weighted by atomic mass is 16.9. The van der Waals surface area contributed by atoms with Gasteiger partial charge in [-0.05, 0) is 0 Å². The van der Waals surface area contributed by atoms with Gasteiger partial charge < -0.3 is 24.4 Å². The van der Waals surface area contributed by atoms with Crippen molar-refractivity contribution in [2.45, 2.75) is 12.6 Å². The molecule has 0 unspecified atom stereocenters. The van der Waals surface area contributed by atoms with Crippen molar-refractivity contribution < 1.29 is 19.4 Å². The normalized spacial score (nSPS) is 23.6. The Balaban J connectivity index is 1.83. The molecule has 3 heterocycles. The van der Waals surface area contributed by atoms with Crippen LogP contribution < -0.4 is 10.4 Å². The molecule has 0 amide bonds. The zero-order valence-electron chi connectivity index (χ0n) is 9.15. The molecule has 0 saturated carbocycles. The van der Waals surface area contributed by atoms with E-state index in [0.29, 0.717) is 0 Å². The number of hydrogen-bond acceptors (Lipinski definition) is 7. The average molecular weight is 254 g/mol. The second-order valence-electron chi connectivity index (χ2n) is 3.59. The molecule has 9 nitrogen and oxygen atoms in total. The van der Waals surface area contributed by atoms with Gasteiger partial charge in [0.05, 0.1) is 12.9 Å². The lowest BCUT2D eigenvalue weighted by atomic mass is 10.5. The minimum Gasteiger partial charge on any atom is -0.391 e. The van der Waals surface area contributed by atoms with E-state index in [9.17, 15) is 4.79 Å². The fourth-order valence-electron chi connectivity index (χ4n) is 1.61. The van der Waals surface area contributed by atoms with Crippen molar-refractivity contribution in [3.63, 3.8) is 0 Å². The number of nitrogens with one attached hydrogen (secondary N) is 1. The summed E-state index contributed by atoms with van der Waals surface area (Å²) in [5.41, 5.74) is 0.115. The molecule has 3 rings (SSSR count). The molecule has 2 N–H and O–H groups in total. The van der Waals surface area contributed by atoms with Gasteiger partial charge in [-0.2, -0.15) is 0 Å². The van der Waals surface area contributed by atoms with E-state index in [0.717, 1.165) is 0 Å². The number of aromatic amines is 1. The molecule has 18 heavy (non-hydrogen) atoms. The van der Waals surface area contributed by atoms with Crippen LogP contribution in [0.2, 0.25) is 0 Å². The number of rotatable bonds is 3. The number of nitrogens with zero attached hydrogens (tertiary/aromatic N) is 3. The molecule has 2 aromatic rings. The van der Waals surface area contributed by atoms with E-state index < -0.39 is 12.6 Å². The molecule has 96 valence electrons. The number of aromatic nitrogens is 4. The third kappa shape index (κ3) is 1.83. The van der Waals surface area contributed by atoms with Gasteiger partial charge in [0.2, 0.25) is 5.65 Å². The van der Waals surface area contributed by atoms with Crippen molar-refractivity contribution in [1.82, 2.24) is 19.7 Å². The molecule has 2 aromatic heterocycles. The summed E-state index contributed by atoms with van der Waals surface area (Å²) in [6.45, 7) is -0.0729. The van der Waals surface area contributed by atoms with E-state index >= 15 is 0 Å². The monoisotopic (exact) mass is 254 g/mol. The van der Waals surface area contributed by atoms with Gasteiger partial charge >= 0.3 is 0 Å². The van der Waals surface area contributed by atoms with Crippen LogP contribution in [0.4, 0.5) is 0 Å². The van der Waals surface area contributed by atoms with Crippen LogP contribution in [-0.2, 0) is 9.47 Å². The van der Waals surface area contributed by atoms with Crippen LogP contribution in [-0.4, -0.2) is 50.6 Å². The number of hydrogen-bond donors (Lipinski definition) is 2. The van der Waals surface area contributed by atoms with E-state index in [1.165, 1.54) is 17.4 Å². The van der Waals surface area contributed by atoms with Gasteiger partial charge in [-0.1, -0.05) is 0 Å². The topological polar surface area (TPSA) is 111 Å². The fourth-order valence-corrected chi connectivity index (χ4v) is 1.61. The van der Waals surface area contributed by atoms with Gasteiger partial charge in [-0.3, -0.25) is 4.79 Å². The quantitative estimate of drug-likeness (QED) is 0.667. The van der Waals surface area contributed by atoms with Gasteiger partial charge in [0, 0.05) is 0 Å². The molecule has 1 aliphatic rings. The Kier molecular flexibility index (Phi) is 2.70. The zero-order valence-corrected chi connectivity index (χ0v) is 9.15. The molecular formula is C9H10N4O5. The molecule has 0 radical (unpaired) electrons. The van der Waals surface area contributed by atoms with Crippen molar-refractivity contribution in [2.75, 3.05) is 13.2 Å². The van der Waals surface area contributed by atoms with Gasteiger partial charge in [0.25, 0.3) is 11.8 Å². The summed E-state index contributed by atoms with van der Waals surface area (Å²) in [6, 6.07) is 0. The van der Waals surface area contributed by atoms with Crippen LogP contribution in [0.5, 0.6) is 0 Å². The van der Waals surface area contributed by atoms with Gasteiger partial charge in [0.1, 0.15) is 12.9 Å². The molecule has 9 heteroatoms. The maximum Gasteiger partial charge on any atom is 0.279 e. The zero-order chi connectivity index (χ0) is 12.5. The summed E-state index contributed by atoms with van der Waals surface area (Å²) in [4.78, 5) is 27.1. The van der Waals surface area contributed by atoms with Crippen molar-refractivity contribution in [1.29, 1.82) is 0 Å². The third-order valence-corrected chi connectivity index (χ3v) is 2.41. The summed E-state index contributed by atoms with van der Waals surface area (Å²) < 4.78 is 11.5. The van der Waals surface area contributed by atoms with Gasteiger partial charge in [0.15, 0.2) is 11.8 Å². The summed E-state index contributed by atoms with van der Waals surface area (Å²) in [5.74, 6) is 0. The van der Waals surface area contributed by atoms with Crippen LogP contribution in [0.3, 0.4) is 0 Å². The highest BCUT2D eigenvalue weighted by Gasteiger charge is 2.28. The summed E-state index contributed by atoms with van der Waals surface area (Å²) >= 11 is 0. The molecule has 2 atom stereocenters. The van der Waals surface area contributed by atoms with E-state index in [1.807, 2.05) is 0 Å². The number of aliphatic hydroxyl groups is 1. The maximum absolute atomic E-state index is 11.4. The largest absolute Gasteiger partial charge is 0.391 e. The SMILES string of the molecule is O=c1[nH]cnc2c1ncn2O[C@@H]1CO[C@@H](CO)O1.